The lowest BCUT2D eigenvalue weighted by molar-refractivity contribution is -0.380. The van der Waals surface area contributed by atoms with Crippen LogP contribution >= 0.6 is 11.3 Å². The second-order valence-corrected chi connectivity index (χ2v) is 7.93. The third-order valence-electron chi connectivity index (χ3n) is 5.16. The van der Waals surface area contributed by atoms with E-state index in [1.165, 1.54) is 12.1 Å². The van der Waals surface area contributed by atoms with Crippen LogP contribution in [-0.2, 0) is 5.54 Å². The zero-order valence-corrected chi connectivity index (χ0v) is 14.9. The number of likely N-dealkylation sites (tertiary alicyclic amines) is 1. The van der Waals surface area contributed by atoms with E-state index >= 15 is 0 Å². The fourth-order valence-corrected chi connectivity index (χ4v) is 4.53. The minimum atomic E-state index is -0.538. The van der Waals surface area contributed by atoms with E-state index in [0.29, 0.717) is 23.1 Å². The monoisotopic (exact) mass is 377 g/mol. The first-order valence-corrected chi connectivity index (χ1v) is 9.48. The van der Waals surface area contributed by atoms with Gasteiger partial charge in [0.1, 0.15) is 6.04 Å². The number of amides is 1. The van der Waals surface area contributed by atoms with Gasteiger partial charge in [-0.2, -0.15) is 4.98 Å². The van der Waals surface area contributed by atoms with Crippen molar-refractivity contribution in [2.24, 2.45) is 5.73 Å². The third-order valence-corrected chi connectivity index (χ3v) is 6.19. The summed E-state index contributed by atoms with van der Waals surface area (Å²) >= 11 is 0.881. The summed E-state index contributed by atoms with van der Waals surface area (Å²) in [4.78, 5) is 29.7. The largest absolute Gasteiger partial charge is 0.337 e. The summed E-state index contributed by atoms with van der Waals surface area (Å²) in [6.07, 6.45) is 5.29. The smallest absolute Gasteiger partial charge is 0.324 e. The molecular formula is C16H19N5O4S. The third kappa shape index (κ3) is 2.88. The predicted octanol–water partition coefficient (Wildman–Crippen LogP) is 2.74. The van der Waals surface area contributed by atoms with Crippen molar-refractivity contribution in [1.82, 2.24) is 15.0 Å². The molecule has 1 aliphatic carbocycles. The van der Waals surface area contributed by atoms with Gasteiger partial charge in [-0.3, -0.25) is 14.9 Å². The number of rotatable bonds is 4. The molecule has 10 heteroatoms. The molecule has 3 heterocycles. The van der Waals surface area contributed by atoms with Crippen molar-refractivity contribution in [3.05, 3.63) is 38.8 Å². The van der Waals surface area contributed by atoms with Gasteiger partial charge in [0.2, 0.25) is 5.89 Å². The molecule has 1 saturated carbocycles. The van der Waals surface area contributed by atoms with E-state index in [4.69, 9.17) is 10.3 Å². The molecule has 26 heavy (non-hydrogen) atoms. The number of nitrogens with two attached hydrogens (primary N) is 1. The van der Waals surface area contributed by atoms with Crippen molar-refractivity contribution in [3.8, 4) is 0 Å². The predicted molar refractivity (Wildman–Crippen MR) is 92.6 cm³/mol. The molecule has 1 saturated heterocycles. The van der Waals surface area contributed by atoms with Crippen LogP contribution in [0.3, 0.4) is 0 Å². The number of hydrogen-bond donors (Lipinski definition) is 1. The molecular weight excluding hydrogens is 358 g/mol. The maximum atomic E-state index is 12.8. The standard InChI is InChI=1S/C16H19N5O4S/c17-16(7-1-2-8-16)15-18-13(25-19-15)10-4-3-9-20(10)14(22)11-5-6-12(26-11)21(23)24/h5-6,10H,1-4,7-9,17H2. The topological polar surface area (TPSA) is 128 Å². The minimum absolute atomic E-state index is 0.0459. The van der Waals surface area contributed by atoms with Crippen molar-refractivity contribution >= 4 is 22.2 Å². The summed E-state index contributed by atoms with van der Waals surface area (Å²) in [7, 11) is 0. The van der Waals surface area contributed by atoms with Gasteiger partial charge in [-0.05, 0) is 31.7 Å². The van der Waals surface area contributed by atoms with Crippen LogP contribution < -0.4 is 5.73 Å². The van der Waals surface area contributed by atoms with Crippen LogP contribution in [0.5, 0.6) is 0 Å². The Morgan fingerprint density at radius 1 is 1.38 bits per heavy atom. The highest BCUT2D eigenvalue weighted by atomic mass is 32.1. The van der Waals surface area contributed by atoms with Gasteiger partial charge in [-0.15, -0.1) is 0 Å². The number of nitrogens with zero attached hydrogens (tertiary/aromatic N) is 4. The maximum absolute atomic E-state index is 12.8. The first kappa shape index (κ1) is 17.1. The SMILES string of the molecule is NC1(c2noc(C3CCCN3C(=O)c3ccc([N+](=O)[O-])s3)n2)CCCC1. The molecule has 2 aromatic heterocycles. The Balaban J connectivity index is 1.55. The number of carbonyl (C=O) groups excluding carboxylic acids is 1. The molecule has 1 amide bonds. The molecule has 138 valence electrons. The number of aromatic nitrogens is 2. The van der Waals surface area contributed by atoms with E-state index < -0.39 is 10.5 Å². The van der Waals surface area contributed by atoms with Gasteiger partial charge in [-0.1, -0.05) is 29.3 Å². The second kappa shape index (κ2) is 6.44. The normalized spacial score (nSPS) is 22.0. The van der Waals surface area contributed by atoms with E-state index in [0.717, 1.165) is 49.9 Å². The first-order chi connectivity index (χ1) is 12.5. The van der Waals surface area contributed by atoms with Crippen LogP contribution in [-0.4, -0.2) is 32.4 Å². The van der Waals surface area contributed by atoms with E-state index in [9.17, 15) is 14.9 Å². The van der Waals surface area contributed by atoms with Crippen molar-refractivity contribution in [1.29, 1.82) is 0 Å². The van der Waals surface area contributed by atoms with Crippen molar-refractivity contribution in [2.75, 3.05) is 6.54 Å². The van der Waals surface area contributed by atoms with Crippen LogP contribution in [0.25, 0.3) is 0 Å². The minimum Gasteiger partial charge on any atom is -0.337 e. The van der Waals surface area contributed by atoms with Crippen LogP contribution in [0.2, 0.25) is 0 Å². The average Bonchev–Trinajstić information content (AvgIpc) is 3.37. The summed E-state index contributed by atoms with van der Waals surface area (Å²) < 4.78 is 5.45. The molecule has 1 atom stereocenters. The molecule has 2 aliphatic rings. The fraction of sp³-hybridized carbons (Fsp3) is 0.562. The van der Waals surface area contributed by atoms with Crippen LogP contribution in [0, 0.1) is 10.1 Å². The first-order valence-electron chi connectivity index (χ1n) is 8.66. The lowest BCUT2D eigenvalue weighted by atomic mass is 9.98. The number of carbonyl (C=O) groups is 1. The molecule has 9 nitrogen and oxygen atoms in total. The molecule has 0 aromatic carbocycles. The average molecular weight is 377 g/mol. The van der Waals surface area contributed by atoms with Crippen molar-refractivity contribution in [3.63, 3.8) is 0 Å². The van der Waals surface area contributed by atoms with E-state index in [1.807, 2.05) is 0 Å². The molecule has 0 bridgehead atoms. The molecule has 2 N–H and O–H groups in total. The Morgan fingerprint density at radius 3 is 2.85 bits per heavy atom. The Kier molecular flexibility index (Phi) is 4.23. The van der Waals surface area contributed by atoms with Crippen LogP contribution in [0.15, 0.2) is 16.7 Å². The number of hydrogen-bond acceptors (Lipinski definition) is 8. The molecule has 1 unspecified atom stereocenters. The van der Waals surface area contributed by atoms with Crippen molar-refractivity contribution in [2.45, 2.75) is 50.1 Å². The fourth-order valence-electron chi connectivity index (χ4n) is 3.75. The van der Waals surface area contributed by atoms with Gasteiger partial charge in [0.05, 0.1) is 15.3 Å². The highest BCUT2D eigenvalue weighted by molar-refractivity contribution is 7.17. The molecule has 0 radical (unpaired) electrons. The Labute approximate surface area is 153 Å². The summed E-state index contributed by atoms with van der Waals surface area (Å²) in [5.41, 5.74) is 5.84. The molecule has 0 spiro atoms. The maximum Gasteiger partial charge on any atom is 0.324 e. The van der Waals surface area contributed by atoms with Gasteiger partial charge >= 0.3 is 5.00 Å². The highest BCUT2D eigenvalue weighted by Gasteiger charge is 2.39. The molecule has 1 aliphatic heterocycles. The summed E-state index contributed by atoms with van der Waals surface area (Å²) in [5, 5.41) is 14.9. The van der Waals surface area contributed by atoms with Gasteiger partial charge in [0.15, 0.2) is 5.82 Å². The zero-order valence-electron chi connectivity index (χ0n) is 14.1. The Morgan fingerprint density at radius 2 is 2.15 bits per heavy atom. The van der Waals surface area contributed by atoms with Gasteiger partial charge in [-0.25, -0.2) is 0 Å². The number of thiophene rings is 1. The summed E-state index contributed by atoms with van der Waals surface area (Å²) in [6, 6.07) is 2.54. The van der Waals surface area contributed by atoms with E-state index in [2.05, 4.69) is 10.1 Å². The van der Waals surface area contributed by atoms with E-state index in [-0.39, 0.29) is 17.0 Å². The highest BCUT2D eigenvalue weighted by Crippen LogP contribution is 2.38. The lowest BCUT2D eigenvalue weighted by Crippen LogP contribution is -2.34. The second-order valence-electron chi connectivity index (χ2n) is 6.87. The van der Waals surface area contributed by atoms with Crippen molar-refractivity contribution < 1.29 is 14.2 Å². The zero-order chi connectivity index (χ0) is 18.3. The van der Waals surface area contributed by atoms with Gasteiger partial charge < -0.3 is 15.2 Å². The Bertz CT molecular complexity index is 841. The molecule has 2 fully saturated rings. The summed E-state index contributed by atoms with van der Waals surface area (Å²) in [6.45, 7) is 0.556. The van der Waals surface area contributed by atoms with Gasteiger partial charge in [0, 0.05) is 12.6 Å². The molecule has 4 rings (SSSR count). The Hall–Kier alpha value is -2.33. The van der Waals surface area contributed by atoms with Crippen LogP contribution in [0.1, 0.15) is 66.0 Å². The summed E-state index contributed by atoms with van der Waals surface area (Å²) in [5.74, 6) is 0.665. The quantitative estimate of drug-likeness (QED) is 0.640. The number of nitro groups is 1. The van der Waals surface area contributed by atoms with E-state index in [1.54, 1.807) is 4.90 Å². The molecule has 2 aromatic rings. The lowest BCUT2D eigenvalue weighted by Gasteiger charge is -2.21. The van der Waals surface area contributed by atoms with Crippen LogP contribution in [0.4, 0.5) is 5.00 Å². The van der Waals surface area contributed by atoms with Gasteiger partial charge in [0.25, 0.3) is 5.91 Å².